The molecule has 114 valence electrons. The summed E-state index contributed by atoms with van der Waals surface area (Å²) in [7, 11) is -0.493. The molecule has 2 nitrogen and oxygen atoms in total. The minimum atomic E-state index is -0.493. The minimum Gasteiger partial charge on any atom is -0.407 e. The van der Waals surface area contributed by atoms with Crippen LogP contribution < -0.4 is 5.46 Å². The second-order valence-corrected chi connectivity index (χ2v) is 6.36. The third kappa shape index (κ3) is 3.21. The van der Waals surface area contributed by atoms with Crippen LogP contribution in [0.2, 0.25) is 0 Å². The van der Waals surface area contributed by atoms with Gasteiger partial charge in [0.15, 0.2) is 0 Å². The molecule has 2 aromatic rings. The summed E-state index contributed by atoms with van der Waals surface area (Å²) in [4.78, 5) is 0. The van der Waals surface area contributed by atoms with Gasteiger partial charge in [-0.15, -0.1) is 0 Å². The number of halogens is 2. The van der Waals surface area contributed by atoms with Crippen molar-refractivity contribution < 1.29 is 18.1 Å². The normalized spacial score (nSPS) is 17.5. The molecule has 0 unspecified atom stereocenters. The van der Waals surface area contributed by atoms with Gasteiger partial charge in [-0.3, -0.25) is 0 Å². The van der Waals surface area contributed by atoms with Crippen molar-refractivity contribution in [3.05, 3.63) is 54.1 Å². The lowest BCUT2D eigenvalue weighted by molar-refractivity contribution is 0.0343. The van der Waals surface area contributed by atoms with Crippen LogP contribution >= 0.6 is 0 Å². The molecule has 0 saturated carbocycles. The first-order chi connectivity index (χ1) is 10.4. The topological polar surface area (TPSA) is 18.5 Å². The zero-order valence-corrected chi connectivity index (χ0v) is 12.6. The Morgan fingerprint density at radius 3 is 2.23 bits per heavy atom. The van der Waals surface area contributed by atoms with E-state index in [1.54, 1.807) is 24.3 Å². The van der Waals surface area contributed by atoms with E-state index in [1.165, 1.54) is 18.2 Å². The van der Waals surface area contributed by atoms with E-state index in [0.717, 1.165) is 5.46 Å². The molecule has 0 spiro atoms. The average Bonchev–Trinajstić information content (AvgIpc) is 2.49. The quantitative estimate of drug-likeness (QED) is 0.792. The van der Waals surface area contributed by atoms with Gasteiger partial charge < -0.3 is 9.31 Å². The van der Waals surface area contributed by atoms with E-state index < -0.39 is 7.12 Å². The average molecular weight is 302 g/mol. The van der Waals surface area contributed by atoms with Crippen LogP contribution in [0.4, 0.5) is 8.78 Å². The Hall–Kier alpha value is -1.72. The molecule has 0 radical (unpaired) electrons. The van der Waals surface area contributed by atoms with Gasteiger partial charge in [-0.1, -0.05) is 38.1 Å². The fourth-order valence-electron chi connectivity index (χ4n) is 2.42. The van der Waals surface area contributed by atoms with Crippen molar-refractivity contribution in [2.75, 3.05) is 13.2 Å². The molecule has 2 aromatic carbocycles. The van der Waals surface area contributed by atoms with Crippen molar-refractivity contribution in [1.29, 1.82) is 0 Å². The fraction of sp³-hybridized carbons (Fsp3) is 0.294. The summed E-state index contributed by atoms with van der Waals surface area (Å²) in [6.45, 7) is 5.30. The van der Waals surface area contributed by atoms with Gasteiger partial charge in [0.25, 0.3) is 0 Å². The molecule has 1 heterocycles. The van der Waals surface area contributed by atoms with Crippen molar-refractivity contribution in [1.82, 2.24) is 0 Å². The Kier molecular flexibility index (Phi) is 4.02. The Morgan fingerprint density at radius 2 is 1.59 bits per heavy atom. The smallest absolute Gasteiger partial charge is 0.407 e. The van der Waals surface area contributed by atoms with Gasteiger partial charge in [-0.05, 0) is 29.2 Å². The third-order valence-electron chi connectivity index (χ3n) is 3.67. The first-order valence-electron chi connectivity index (χ1n) is 7.23. The summed E-state index contributed by atoms with van der Waals surface area (Å²) >= 11 is 0. The molecule has 0 aliphatic carbocycles. The van der Waals surface area contributed by atoms with E-state index in [2.05, 4.69) is 13.8 Å². The van der Waals surface area contributed by atoms with Crippen LogP contribution in [0, 0.1) is 17.0 Å². The SMILES string of the molecule is CC1(C)COB(c2ccc(F)c(-c3ccc(F)cc3)c2)OC1. The first-order valence-corrected chi connectivity index (χ1v) is 7.23. The zero-order valence-electron chi connectivity index (χ0n) is 12.6. The van der Waals surface area contributed by atoms with Crippen LogP contribution in [0.3, 0.4) is 0 Å². The maximum absolute atomic E-state index is 14.1. The number of benzene rings is 2. The van der Waals surface area contributed by atoms with Gasteiger partial charge in [-0.25, -0.2) is 8.78 Å². The van der Waals surface area contributed by atoms with Gasteiger partial charge in [0.1, 0.15) is 11.6 Å². The van der Waals surface area contributed by atoms with Crippen LogP contribution in [-0.2, 0) is 9.31 Å². The molecule has 1 aliphatic rings. The third-order valence-corrected chi connectivity index (χ3v) is 3.67. The lowest BCUT2D eigenvalue weighted by atomic mass is 9.75. The zero-order chi connectivity index (χ0) is 15.7. The first kappa shape index (κ1) is 15.2. The van der Waals surface area contributed by atoms with Crippen LogP contribution in [-0.4, -0.2) is 20.3 Å². The van der Waals surface area contributed by atoms with Gasteiger partial charge in [0, 0.05) is 24.2 Å². The molecule has 0 atom stereocenters. The van der Waals surface area contributed by atoms with Crippen LogP contribution in [0.15, 0.2) is 42.5 Å². The Labute approximate surface area is 129 Å². The highest BCUT2D eigenvalue weighted by Crippen LogP contribution is 2.24. The predicted molar refractivity (Wildman–Crippen MR) is 82.9 cm³/mol. The minimum absolute atomic E-state index is 0.0175. The summed E-state index contributed by atoms with van der Waals surface area (Å²) < 4.78 is 38.5. The highest BCUT2D eigenvalue weighted by atomic mass is 19.1. The standard InChI is InChI=1S/C17H17BF2O2/c1-17(2)10-21-18(22-11-17)13-5-8-16(20)15(9-13)12-3-6-14(19)7-4-12/h3-9H,10-11H2,1-2H3. The number of hydrogen-bond acceptors (Lipinski definition) is 2. The van der Waals surface area contributed by atoms with Crippen LogP contribution in [0.25, 0.3) is 11.1 Å². The Morgan fingerprint density at radius 1 is 0.955 bits per heavy atom. The maximum atomic E-state index is 14.1. The highest BCUT2D eigenvalue weighted by Gasteiger charge is 2.33. The summed E-state index contributed by atoms with van der Waals surface area (Å²) in [6.07, 6.45) is 0. The van der Waals surface area contributed by atoms with Gasteiger partial charge in [-0.2, -0.15) is 0 Å². The van der Waals surface area contributed by atoms with E-state index in [0.29, 0.717) is 24.3 Å². The second-order valence-electron chi connectivity index (χ2n) is 6.36. The molecule has 0 N–H and O–H groups in total. The molecule has 0 bridgehead atoms. The van der Waals surface area contributed by atoms with E-state index in [-0.39, 0.29) is 17.0 Å². The molecule has 3 rings (SSSR count). The predicted octanol–water partition coefficient (Wildman–Crippen LogP) is 3.40. The fourth-order valence-corrected chi connectivity index (χ4v) is 2.42. The summed E-state index contributed by atoms with van der Waals surface area (Å²) in [5.41, 5.74) is 1.78. The van der Waals surface area contributed by atoms with Crippen molar-refractivity contribution in [3.8, 4) is 11.1 Å². The Balaban J connectivity index is 1.89. The summed E-state index contributed by atoms with van der Waals surface area (Å²) in [5, 5.41) is 0. The summed E-state index contributed by atoms with van der Waals surface area (Å²) in [5.74, 6) is -0.701. The van der Waals surface area contributed by atoms with Gasteiger partial charge >= 0.3 is 7.12 Å². The molecular weight excluding hydrogens is 285 g/mol. The van der Waals surface area contributed by atoms with Crippen molar-refractivity contribution >= 4 is 12.6 Å². The molecule has 0 aromatic heterocycles. The molecule has 5 heteroatoms. The second kappa shape index (κ2) is 5.82. The molecule has 1 fully saturated rings. The lowest BCUT2D eigenvalue weighted by Gasteiger charge is -2.33. The van der Waals surface area contributed by atoms with E-state index >= 15 is 0 Å². The molecule has 22 heavy (non-hydrogen) atoms. The maximum Gasteiger partial charge on any atom is 0.493 e. The Bertz CT molecular complexity index is 661. The molecule has 0 amide bonds. The van der Waals surface area contributed by atoms with Crippen LogP contribution in [0.1, 0.15) is 13.8 Å². The van der Waals surface area contributed by atoms with E-state index in [9.17, 15) is 8.78 Å². The number of rotatable bonds is 2. The largest absolute Gasteiger partial charge is 0.493 e. The molecular formula is C17H17BF2O2. The summed E-state index contributed by atoms with van der Waals surface area (Å²) in [6, 6.07) is 10.5. The van der Waals surface area contributed by atoms with Crippen molar-refractivity contribution in [3.63, 3.8) is 0 Å². The van der Waals surface area contributed by atoms with Gasteiger partial charge in [0.05, 0.1) is 0 Å². The van der Waals surface area contributed by atoms with Crippen molar-refractivity contribution in [2.45, 2.75) is 13.8 Å². The highest BCUT2D eigenvalue weighted by molar-refractivity contribution is 6.61. The lowest BCUT2D eigenvalue weighted by Crippen LogP contribution is -2.47. The van der Waals surface area contributed by atoms with Gasteiger partial charge in [0.2, 0.25) is 0 Å². The van der Waals surface area contributed by atoms with Crippen LogP contribution in [0.5, 0.6) is 0 Å². The van der Waals surface area contributed by atoms with Crippen molar-refractivity contribution in [2.24, 2.45) is 5.41 Å². The molecule has 1 saturated heterocycles. The van der Waals surface area contributed by atoms with E-state index in [1.807, 2.05) is 0 Å². The monoisotopic (exact) mass is 302 g/mol. The molecule has 1 aliphatic heterocycles. The van der Waals surface area contributed by atoms with E-state index in [4.69, 9.17) is 9.31 Å². The number of hydrogen-bond donors (Lipinski definition) is 0.